The van der Waals surface area contributed by atoms with Gasteiger partial charge in [0.25, 0.3) is 11.8 Å². The van der Waals surface area contributed by atoms with Crippen LogP contribution in [0.5, 0.6) is 0 Å². The highest BCUT2D eigenvalue weighted by atomic mass is 79.9. The van der Waals surface area contributed by atoms with Gasteiger partial charge in [0, 0.05) is 15.8 Å². The van der Waals surface area contributed by atoms with Gasteiger partial charge in [0.1, 0.15) is 6.26 Å². The van der Waals surface area contributed by atoms with E-state index in [1.807, 2.05) is 6.07 Å². The van der Waals surface area contributed by atoms with Crippen LogP contribution in [0.4, 0.5) is 11.4 Å². The van der Waals surface area contributed by atoms with E-state index in [0.29, 0.717) is 27.0 Å². The van der Waals surface area contributed by atoms with Gasteiger partial charge in [0.2, 0.25) is 0 Å². The molecule has 24 heavy (non-hydrogen) atoms. The van der Waals surface area contributed by atoms with Crippen LogP contribution < -0.4 is 10.6 Å². The number of hydrogen-bond donors (Lipinski definition) is 2. The monoisotopic (exact) mass is 384 g/mol. The van der Waals surface area contributed by atoms with Crippen LogP contribution in [-0.4, -0.2) is 11.8 Å². The molecule has 3 aromatic rings. The molecule has 120 valence electrons. The van der Waals surface area contributed by atoms with E-state index in [9.17, 15) is 9.59 Å². The van der Waals surface area contributed by atoms with Crippen molar-refractivity contribution in [2.45, 2.75) is 0 Å². The van der Waals surface area contributed by atoms with E-state index < -0.39 is 0 Å². The van der Waals surface area contributed by atoms with E-state index in [1.165, 1.54) is 12.5 Å². The number of nitrogens with one attached hydrogen (secondary N) is 2. The summed E-state index contributed by atoms with van der Waals surface area (Å²) in [6.45, 7) is 0. The Labute approximate surface area is 146 Å². The molecule has 6 heteroatoms. The molecule has 0 aliphatic heterocycles. The lowest BCUT2D eigenvalue weighted by atomic mass is 10.2. The maximum atomic E-state index is 12.3. The van der Waals surface area contributed by atoms with E-state index in [1.54, 1.807) is 48.5 Å². The number of benzene rings is 2. The first-order valence-corrected chi connectivity index (χ1v) is 7.92. The third-order valence-electron chi connectivity index (χ3n) is 3.28. The Morgan fingerprint density at radius 3 is 2.25 bits per heavy atom. The number of carbonyl (C=O) groups excluding carboxylic acids is 2. The predicted molar refractivity (Wildman–Crippen MR) is 95.2 cm³/mol. The van der Waals surface area contributed by atoms with Gasteiger partial charge in [0.15, 0.2) is 0 Å². The largest absolute Gasteiger partial charge is 0.472 e. The standard InChI is InChI=1S/C18H13BrN2O3/c19-16-7-2-1-6-15(16)18(23)21-14-5-3-4-13(10-14)20-17(22)12-8-9-24-11-12/h1-11H,(H,20,22)(H,21,23). The second-order valence-electron chi connectivity index (χ2n) is 4.98. The van der Waals surface area contributed by atoms with Crippen molar-refractivity contribution in [1.29, 1.82) is 0 Å². The summed E-state index contributed by atoms with van der Waals surface area (Å²) in [5, 5.41) is 5.56. The Hall–Kier alpha value is -2.86. The summed E-state index contributed by atoms with van der Waals surface area (Å²) >= 11 is 3.35. The van der Waals surface area contributed by atoms with Crippen molar-refractivity contribution in [3.8, 4) is 0 Å². The van der Waals surface area contributed by atoms with Gasteiger partial charge in [-0.25, -0.2) is 0 Å². The number of rotatable bonds is 4. The van der Waals surface area contributed by atoms with Gasteiger partial charge in [-0.05, 0) is 52.3 Å². The van der Waals surface area contributed by atoms with Crippen molar-refractivity contribution < 1.29 is 14.0 Å². The smallest absolute Gasteiger partial charge is 0.258 e. The lowest BCUT2D eigenvalue weighted by Crippen LogP contribution is -2.14. The topological polar surface area (TPSA) is 71.3 Å². The maximum Gasteiger partial charge on any atom is 0.258 e. The fourth-order valence-corrected chi connectivity index (χ4v) is 2.58. The van der Waals surface area contributed by atoms with E-state index in [2.05, 4.69) is 26.6 Å². The molecule has 3 rings (SSSR count). The molecular weight excluding hydrogens is 372 g/mol. The number of halogens is 1. The van der Waals surface area contributed by atoms with Crippen molar-refractivity contribution in [3.05, 3.63) is 82.7 Å². The van der Waals surface area contributed by atoms with Crippen molar-refractivity contribution in [1.82, 2.24) is 0 Å². The first-order valence-electron chi connectivity index (χ1n) is 7.13. The minimum absolute atomic E-state index is 0.235. The van der Waals surface area contributed by atoms with Crippen molar-refractivity contribution in [2.24, 2.45) is 0 Å². The Bertz CT molecular complexity index is 875. The molecular formula is C18H13BrN2O3. The molecule has 0 unspecified atom stereocenters. The third-order valence-corrected chi connectivity index (χ3v) is 3.97. The Morgan fingerprint density at radius 2 is 1.58 bits per heavy atom. The lowest BCUT2D eigenvalue weighted by molar-refractivity contribution is 0.101. The molecule has 0 radical (unpaired) electrons. The number of furan rings is 1. The van der Waals surface area contributed by atoms with E-state index in [0.717, 1.165) is 0 Å². The Balaban J connectivity index is 1.72. The first-order chi connectivity index (χ1) is 11.6. The van der Waals surface area contributed by atoms with Gasteiger partial charge in [-0.15, -0.1) is 0 Å². The highest BCUT2D eigenvalue weighted by molar-refractivity contribution is 9.10. The minimum atomic E-state index is -0.280. The van der Waals surface area contributed by atoms with E-state index in [4.69, 9.17) is 4.42 Å². The van der Waals surface area contributed by atoms with Gasteiger partial charge in [-0.2, -0.15) is 0 Å². The molecule has 5 nitrogen and oxygen atoms in total. The van der Waals surface area contributed by atoms with Gasteiger partial charge < -0.3 is 15.1 Å². The normalized spacial score (nSPS) is 10.2. The molecule has 1 heterocycles. The molecule has 0 saturated carbocycles. The summed E-state index contributed by atoms with van der Waals surface area (Å²) in [5.41, 5.74) is 2.12. The van der Waals surface area contributed by atoms with E-state index in [-0.39, 0.29) is 11.8 Å². The van der Waals surface area contributed by atoms with Crippen LogP contribution in [-0.2, 0) is 0 Å². The molecule has 0 bridgehead atoms. The minimum Gasteiger partial charge on any atom is -0.472 e. The third kappa shape index (κ3) is 3.72. The summed E-state index contributed by atoms with van der Waals surface area (Å²) in [4.78, 5) is 24.3. The first kappa shape index (κ1) is 16.0. The fraction of sp³-hybridized carbons (Fsp3) is 0. The molecule has 0 aliphatic rings. The highest BCUT2D eigenvalue weighted by Crippen LogP contribution is 2.20. The van der Waals surface area contributed by atoms with Crippen LogP contribution in [0.15, 0.2) is 76.0 Å². The zero-order valence-corrected chi connectivity index (χ0v) is 14.0. The summed E-state index contributed by atoms with van der Waals surface area (Å²) in [5.74, 6) is -0.515. The van der Waals surface area contributed by atoms with Crippen LogP contribution in [0, 0.1) is 0 Å². The fourth-order valence-electron chi connectivity index (χ4n) is 2.12. The predicted octanol–water partition coefficient (Wildman–Crippen LogP) is 4.55. The summed E-state index contributed by atoms with van der Waals surface area (Å²) < 4.78 is 5.60. The molecule has 0 spiro atoms. The maximum absolute atomic E-state index is 12.3. The van der Waals surface area contributed by atoms with Crippen LogP contribution >= 0.6 is 15.9 Å². The Kier molecular flexibility index (Phi) is 4.77. The lowest BCUT2D eigenvalue weighted by Gasteiger charge is -2.09. The molecule has 0 fully saturated rings. The highest BCUT2D eigenvalue weighted by Gasteiger charge is 2.11. The summed E-state index contributed by atoms with van der Waals surface area (Å²) in [7, 11) is 0. The number of anilines is 2. The van der Waals surface area contributed by atoms with Crippen LogP contribution in [0.25, 0.3) is 0 Å². The van der Waals surface area contributed by atoms with Crippen molar-refractivity contribution in [2.75, 3.05) is 10.6 Å². The number of carbonyl (C=O) groups is 2. The molecule has 2 N–H and O–H groups in total. The van der Waals surface area contributed by atoms with Gasteiger partial charge in [0.05, 0.1) is 17.4 Å². The molecule has 0 atom stereocenters. The zero-order chi connectivity index (χ0) is 16.9. The molecule has 1 aromatic heterocycles. The average molecular weight is 385 g/mol. The summed E-state index contributed by atoms with van der Waals surface area (Å²) in [6, 6.07) is 15.7. The van der Waals surface area contributed by atoms with Crippen molar-refractivity contribution in [3.63, 3.8) is 0 Å². The van der Waals surface area contributed by atoms with Crippen LogP contribution in [0.3, 0.4) is 0 Å². The number of hydrogen-bond acceptors (Lipinski definition) is 3. The van der Waals surface area contributed by atoms with Crippen LogP contribution in [0.1, 0.15) is 20.7 Å². The zero-order valence-electron chi connectivity index (χ0n) is 12.5. The van der Waals surface area contributed by atoms with E-state index >= 15 is 0 Å². The SMILES string of the molecule is O=C(Nc1cccc(NC(=O)c2ccccc2Br)c1)c1ccoc1. The molecule has 2 aromatic carbocycles. The molecule has 0 saturated heterocycles. The Morgan fingerprint density at radius 1 is 0.875 bits per heavy atom. The summed E-state index contributed by atoms with van der Waals surface area (Å²) in [6.07, 6.45) is 2.80. The quantitative estimate of drug-likeness (QED) is 0.692. The van der Waals surface area contributed by atoms with Crippen LogP contribution in [0.2, 0.25) is 0 Å². The van der Waals surface area contributed by atoms with Crippen molar-refractivity contribution >= 4 is 39.1 Å². The van der Waals surface area contributed by atoms with Gasteiger partial charge >= 0.3 is 0 Å². The molecule has 2 amide bonds. The second kappa shape index (κ2) is 7.14. The molecule has 0 aliphatic carbocycles. The van der Waals surface area contributed by atoms with Gasteiger partial charge in [-0.3, -0.25) is 9.59 Å². The second-order valence-corrected chi connectivity index (χ2v) is 5.84. The average Bonchev–Trinajstić information content (AvgIpc) is 3.10. The van der Waals surface area contributed by atoms with Gasteiger partial charge in [-0.1, -0.05) is 18.2 Å². The number of amides is 2.